The van der Waals surface area contributed by atoms with E-state index >= 15 is 0 Å². The van der Waals surface area contributed by atoms with Crippen molar-refractivity contribution in [2.75, 3.05) is 6.54 Å². The molecule has 0 radical (unpaired) electrons. The van der Waals surface area contributed by atoms with Crippen molar-refractivity contribution in [3.05, 3.63) is 40.7 Å². The van der Waals surface area contributed by atoms with Crippen molar-refractivity contribution in [1.29, 1.82) is 0 Å². The van der Waals surface area contributed by atoms with E-state index in [9.17, 15) is 14.0 Å². The normalized spacial score (nSPS) is 19.0. The van der Waals surface area contributed by atoms with Gasteiger partial charge in [0.15, 0.2) is 0 Å². The van der Waals surface area contributed by atoms with Crippen LogP contribution in [0.2, 0.25) is 5.02 Å². The smallest absolute Gasteiger partial charge is 0.326 e. The number of benzene rings is 1. The summed E-state index contributed by atoms with van der Waals surface area (Å²) in [5.74, 6) is -1.87. The molecule has 0 aliphatic carbocycles. The lowest BCUT2D eigenvalue weighted by Crippen LogP contribution is -2.47. The second-order valence-electron chi connectivity index (χ2n) is 4.89. The van der Waals surface area contributed by atoms with Crippen molar-refractivity contribution < 1.29 is 19.1 Å². The highest BCUT2D eigenvalue weighted by Gasteiger charge is 2.30. The maximum Gasteiger partial charge on any atom is 0.326 e. The molecule has 1 heterocycles. The fourth-order valence-electron chi connectivity index (χ4n) is 2.33. The molecular weight excluding hydrogens is 297 g/mol. The molecule has 1 aliphatic heterocycles. The van der Waals surface area contributed by atoms with Gasteiger partial charge in [-0.2, -0.15) is 0 Å². The van der Waals surface area contributed by atoms with Crippen LogP contribution in [0.25, 0.3) is 6.08 Å². The van der Waals surface area contributed by atoms with Crippen molar-refractivity contribution in [3.63, 3.8) is 0 Å². The van der Waals surface area contributed by atoms with E-state index in [-0.39, 0.29) is 10.9 Å². The highest BCUT2D eigenvalue weighted by molar-refractivity contribution is 6.30. The van der Waals surface area contributed by atoms with Gasteiger partial charge in [0.05, 0.1) is 5.02 Å². The zero-order chi connectivity index (χ0) is 15.4. The Labute approximate surface area is 126 Å². The maximum absolute atomic E-state index is 13.0. The topological polar surface area (TPSA) is 57.6 Å². The summed E-state index contributed by atoms with van der Waals surface area (Å²) >= 11 is 5.66. The molecule has 1 amide bonds. The Morgan fingerprint density at radius 2 is 2.14 bits per heavy atom. The van der Waals surface area contributed by atoms with Gasteiger partial charge in [0.2, 0.25) is 5.91 Å². The molecule has 1 aromatic carbocycles. The van der Waals surface area contributed by atoms with E-state index in [1.807, 2.05) is 0 Å². The molecular formula is C15H15ClFNO3. The van der Waals surface area contributed by atoms with E-state index < -0.39 is 17.8 Å². The Hall–Kier alpha value is -1.88. The zero-order valence-electron chi connectivity index (χ0n) is 11.3. The van der Waals surface area contributed by atoms with Gasteiger partial charge in [0.25, 0.3) is 0 Å². The number of piperidine rings is 1. The van der Waals surface area contributed by atoms with E-state index in [0.717, 1.165) is 12.8 Å². The maximum atomic E-state index is 13.0. The number of carbonyl (C=O) groups is 2. The van der Waals surface area contributed by atoms with Crippen LogP contribution in [0.15, 0.2) is 24.3 Å². The Bertz CT molecular complexity index is 588. The van der Waals surface area contributed by atoms with Crippen LogP contribution in [0.5, 0.6) is 0 Å². The number of amides is 1. The fraction of sp³-hybridized carbons (Fsp3) is 0.333. The SMILES string of the molecule is O=C(O)C1CCCCN1C(=O)/C=C/c1ccc(F)c(Cl)c1. The lowest BCUT2D eigenvalue weighted by molar-refractivity contribution is -0.150. The Morgan fingerprint density at radius 1 is 1.38 bits per heavy atom. The molecule has 1 atom stereocenters. The van der Waals surface area contributed by atoms with Crippen LogP contribution < -0.4 is 0 Å². The molecule has 1 unspecified atom stereocenters. The predicted octanol–water partition coefficient (Wildman–Crippen LogP) is 2.96. The summed E-state index contributed by atoms with van der Waals surface area (Å²) in [5.41, 5.74) is 0.582. The number of halogens is 2. The number of hydrogen-bond donors (Lipinski definition) is 1. The summed E-state index contributed by atoms with van der Waals surface area (Å²) in [7, 11) is 0. The second kappa shape index (κ2) is 6.72. The van der Waals surface area contributed by atoms with Gasteiger partial charge in [0.1, 0.15) is 11.9 Å². The van der Waals surface area contributed by atoms with Crippen LogP contribution in [-0.4, -0.2) is 34.5 Å². The van der Waals surface area contributed by atoms with E-state index in [4.69, 9.17) is 16.7 Å². The summed E-state index contributed by atoms with van der Waals surface area (Å²) in [4.78, 5) is 24.6. The number of carboxylic acids is 1. The van der Waals surface area contributed by atoms with Crippen molar-refractivity contribution in [3.8, 4) is 0 Å². The molecule has 112 valence electrons. The van der Waals surface area contributed by atoms with Crippen LogP contribution >= 0.6 is 11.6 Å². The number of rotatable bonds is 3. The second-order valence-corrected chi connectivity index (χ2v) is 5.30. The fourth-order valence-corrected chi connectivity index (χ4v) is 2.52. The van der Waals surface area contributed by atoms with E-state index in [1.54, 1.807) is 0 Å². The molecule has 2 rings (SSSR count). The predicted molar refractivity (Wildman–Crippen MR) is 77.4 cm³/mol. The van der Waals surface area contributed by atoms with Gasteiger partial charge in [-0.15, -0.1) is 0 Å². The molecule has 4 nitrogen and oxygen atoms in total. The molecule has 0 aromatic heterocycles. The summed E-state index contributed by atoms with van der Waals surface area (Å²) in [6.07, 6.45) is 4.87. The molecule has 0 spiro atoms. The number of carbonyl (C=O) groups excluding carboxylic acids is 1. The lowest BCUT2D eigenvalue weighted by Gasteiger charge is -2.32. The number of hydrogen-bond acceptors (Lipinski definition) is 2. The number of aliphatic carboxylic acids is 1. The first-order valence-corrected chi connectivity index (χ1v) is 7.03. The molecule has 6 heteroatoms. The zero-order valence-corrected chi connectivity index (χ0v) is 12.0. The first-order chi connectivity index (χ1) is 9.99. The molecule has 21 heavy (non-hydrogen) atoms. The highest BCUT2D eigenvalue weighted by Crippen LogP contribution is 2.19. The number of nitrogens with zero attached hydrogens (tertiary/aromatic N) is 1. The van der Waals surface area contributed by atoms with Gasteiger partial charge in [0, 0.05) is 12.6 Å². The first-order valence-electron chi connectivity index (χ1n) is 6.65. The van der Waals surface area contributed by atoms with Crippen LogP contribution in [0.1, 0.15) is 24.8 Å². The summed E-state index contributed by atoms with van der Waals surface area (Å²) in [6, 6.07) is 3.35. The lowest BCUT2D eigenvalue weighted by atomic mass is 10.0. The molecule has 1 saturated heterocycles. The van der Waals surface area contributed by atoms with Crippen molar-refractivity contribution >= 4 is 29.6 Å². The van der Waals surface area contributed by atoms with Crippen molar-refractivity contribution in [2.45, 2.75) is 25.3 Å². The monoisotopic (exact) mass is 311 g/mol. The standard InChI is InChI=1S/C15H15ClFNO3/c16-11-9-10(4-6-12(11)17)5-7-14(19)18-8-2-1-3-13(18)15(20)21/h4-7,9,13H,1-3,8H2,(H,20,21)/b7-5+. The summed E-state index contributed by atoms with van der Waals surface area (Å²) in [5, 5.41) is 9.11. The highest BCUT2D eigenvalue weighted by atomic mass is 35.5. The minimum absolute atomic E-state index is 0.0222. The van der Waals surface area contributed by atoms with Gasteiger partial charge in [-0.3, -0.25) is 4.79 Å². The summed E-state index contributed by atoms with van der Waals surface area (Å²) < 4.78 is 13.0. The van der Waals surface area contributed by atoms with Gasteiger partial charge in [-0.05, 0) is 43.0 Å². The molecule has 0 saturated carbocycles. The minimum atomic E-state index is -0.985. The van der Waals surface area contributed by atoms with E-state index in [2.05, 4.69) is 0 Å². The Balaban J connectivity index is 2.10. The number of carboxylic acid groups (broad SMARTS) is 1. The Kier molecular flexibility index (Phi) is 4.96. The molecule has 1 fully saturated rings. The van der Waals surface area contributed by atoms with Crippen molar-refractivity contribution in [1.82, 2.24) is 4.90 Å². The quantitative estimate of drug-likeness (QED) is 0.873. The average molecular weight is 312 g/mol. The third-order valence-electron chi connectivity index (χ3n) is 3.43. The largest absolute Gasteiger partial charge is 0.480 e. The third-order valence-corrected chi connectivity index (χ3v) is 3.72. The Morgan fingerprint density at radius 3 is 2.81 bits per heavy atom. The van der Waals surface area contributed by atoms with E-state index in [1.165, 1.54) is 35.3 Å². The summed E-state index contributed by atoms with van der Waals surface area (Å²) in [6.45, 7) is 0.435. The molecule has 1 N–H and O–H groups in total. The van der Waals surface area contributed by atoms with Gasteiger partial charge < -0.3 is 10.0 Å². The molecule has 1 aliphatic rings. The molecule has 1 aromatic rings. The van der Waals surface area contributed by atoms with E-state index in [0.29, 0.717) is 18.5 Å². The van der Waals surface area contributed by atoms with Gasteiger partial charge in [-0.25, -0.2) is 9.18 Å². The first kappa shape index (κ1) is 15.5. The molecule has 0 bridgehead atoms. The van der Waals surface area contributed by atoms with Crippen LogP contribution in [0.3, 0.4) is 0 Å². The van der Waals surface area contributed by atoms with Crippen LogP contribution in [0.4, 0.5) is 4.39 Å². The van der Waals surface area contributed by atoms with Gasteiger partial charge in [-0.1, -0.05) is 17.7 Å². The van der Waals surface area contributed by atoms with Crippen LogP contribution in [0, 0.1) is 5.82 Å². The average Bonchev–Trinajstić information content (AvgIpc) is 2.48. The van der Waals surface area contributed by atoms with Crippen molar-refractivity contribution in [2.24, 2.45) is 0 Å². The third kappa shape index (κ3) is 3.82. The number of likely N-dealkylation sites (tertiary alicyclic amines) is 1. The van der Waals surface area contributed by atoms with Gasteiger partial charge >= 0.3 is 5.97 Å². The van der Waals surface area contributed by atoms with Crippen LogP contribution in [-0.2, 0) is 9.59 Å². The minimum Gasteiger partial charge on any atom is -0.480 e.